The van der Waals surface area contributed by atoms with Crippen LogP contribution in [0.15, 0.2) is 66.3 Å². The number of benzene rings is 2. The van der Waals surface area contributed by atoms with Crippen LogP contribution >= 0.6 is 11.8 Å². The molecule has 1 aliphatic heterocycles. The average molecular weight is 467 g/mol. The van der Waals surface area contributed by atoms with Gasteiger partial charge in [-0.2, -0.15) is 0 Å². The summed E-state index contributed by atoms with van der Waals surface area (Å²) in [6.07, 6.45) is 1.36. The van der Waals surface area contributed by atoms with Gasteiger partial charge in [0.1, 0.15) is 12.4 Å². The monoisotopic (exact) mass is 466 g/mol. The van der Waals surface area contributed by atoms with Crippen LogP contribution in [0.25, 0.3) is 0 Å². The summed E-state index contributed by atoms with van der Waals surface area (Å²) in [4.78, 5) is 12.7. The van der Waals surface area contributed by atoms with Crippen molar-refractivity contribution in [3.63, 3.8) is 0 Å². The lowest BCUT2D eigenvalue weighted by Crippen LogP contribution is -2.30. The van der Waals surface area contributed by atoms with Gasteiger partial charge in [0, 0.05) is 13.1 Å². The number of amides is 1. The summed E-state index contributed by atoms with van der Waals surface area (Å²) in [5, 5.41) is 11.9. The molecule has 9 heteroatoms. The van der Waals surface area contributed by atoms with Crippen molar-refractivity contribution >= 4 is 17.7 Å². The van der Waals surface area contributed by atoms with E-state index >= 15 is 0 Å². The van der Waals surface area contributed by atoms with Crippen molar-refractivity contribution in [2.24, 2.45) is 0 Å². The predicted octanol–water partition coefficient (Wildman–Crippen LogP) is 3.78. The van der Waals surface area contributed by atoms with Gasteiger partial charge in [-0.3, -0.25) is 9.36 Å². The summed E-state index contributed by atoms with van der Waals surface area (Å²) in [7, 11) is 1.62. The van der Waals surface area contributed by atoms with E-state index in [4.69, 9.17) is 14.2 Å². The van der Waals surface area contributed by atoms with Crippen molar-refractivity contribution in [3.05, 3.63) is 72.6 Å². The average Bonchev–Trinajstić information content (AvgIpc) is 3.24. The molecule has 0 saturated heterocycles. The first-order chi connectivity index (χ1) is 16.1. The summed E-state index contributed by atoms with van der Waals surface area (Å²) < 4.78 is 19.0. The number of hydrogen-bond acceptors (Lipinski definition) is 7. The maximum atomic E-state index is 12.7. The topological polar surface area (TPSA) is 87.5 Å². The largest absolute Gasteiger partial charge is 0.497 e. The zero-order valence-corrected chi connectivity index (χ0v) is 19.4. The minimum absolute atomic E-state index is 0.0864. The Morgan fingerprint density at radius 2 is 2.03 bits per heavy atom. The maximum absolute atomic E-state index is 12.7. The zero-order valence-electron chi connectivity index (χ0n) is 18.6. The standard InChI is InChI=1S/C24H26N4O4S/c1-4-13-28-22(21-15-31-19-7-5-6-8-20(19)32-21)26-27-24(28)33-16(2)23(29)25-14-17-9-11-18(30-3)12-10-17/h4-12,16,21H,1,13-15H2,2-3H3,(H,25,29). The first-order valence-electron chi connectivity index (χ1n) is 10.6. The fourth-order valence-corrected chi connectivity index (χ4v) is 4.25. The molecule has 0 bridgehead atoms. The van der Waals surface area contributed by atoms with Crippen LogP contribution in [0, 0.1) is 0 Å². The van der Waals surface area contributed by atoms with E-state index in [0.29, 0.717) is 42.2 Å². The normalized spacial score (nSPS) is 15.5. The van der Waals surface area contributed by atoms with E-state index in [9.17, 15) is 4.79 Å². The molecule has 8 nitrogen and oxygen atoms in total. The molecule has 1 N–H and O–H groups in total. The number of fused-ring (bicyclic) bond motifs is 1. The first-order valence-corrected chi connectivity index (χ1v) is 11.5. The van der Waals surface area contributed by atoms with Gasteiger partial charge in [0.15, 0.2) is 28.6 Å². The Morgan fingerprint density at radius 1 is 1.27 bits per heavy atom. The Kier molecular flexibility index (Phi) is 7.19. The third kappa shape index (κ3) is 5.31. The number of hydrogen-bond donors (Lipinski definition) is 1. The van der Waals surface area contributed by atoms with E-state index in [1.54, 1.807) is 13.2 Å². The highest BCUT2D eigenvalue weighted by Crippen LogP contribution is 2.36. The van der Waals surface area contributed by atoms with Gasteiger partial charge in [0.05, 0.1) is 12.4 Å². The van der Waals surface area contributed by atoms with E-state index < -0.39 is 6.10 Å². The summed E-state index contributed by atoms with van der Waals surface area (Å²) in [5.74, 6) is 2.71. The molecular formula is C24H26N4O4S. The Balaban J connectivity index is 1.41. The van der Waals surface area contributed by atoms with Crippen LogP contribution in [-0.2, 0) is 17.9 Å². The molecule has 0 radical (unpaired) electrons. The van der Waals surface area contributed by atoms with Crippen molar-refractivity contribution in [3.8, 4) is 17.2 Å². The van der Waals surface area contributed by atoms with Crippen LogP contribution in [0.3, 0.4) is 0 Å². The van der Waals surface area contributed by atoms with Gasteiger partial charge >= 0.3 is 0 Å². The van der Waals surface area contributed by atoms with Gasteiger partial charge in [-0.15, -0.1) is 16.8 Å². The lowest BCUT2D eigenvalue weighted by molar-refractivity contribution is -0.120. The summed E-state index contributed by atoms with van der Waals surface area (Å²) in [5.41, 5.74) is 0.994. The minimum Gasteiger partial charge on any atom is -0.497 e. The molecule has 0 saturated carbocycles. The molecule has 3 aromatic rings. The number of nitrogens with zero attached hydrogens (tertiary/aromatic N) is 3. The Hall–Kier alpha value is -3.46. The zero-order chi connectivity index (χ0) is 23.2. The maximum Gasteiger partial charge on any atom is 0.233 e. The Labute approximate surface area is 197 Å². The number of nitrogens with one attached hydrogen (secondary N) is 1. The SMILES string of the molecule is C=CCn1c(SC(C)C(=O)NCc2ccc(OC)cc2)nnc1C1COc2ccccc2O1. The van der Waals surface area contributed by atoms with Gasteiger partial charge in [-0.25, -0.2) is 0 Å². The van der Waals surface area contributed by atoms with Crippen molar-refractivity contribution in [2.75, 3.05) is 13.7 Å². The molecule has 0 aliphatic carbocycles. The van der Waals surface area contributed by atoms with Crippen LogP contribution in [0.4, 0.5) is 0 Å². The van der Waals surface area contributed by atoms with E-state index in [0.717, 1.165) is 11.3 Å². The lowest BCUT2D eigenvalue weighted by atomic mass is 10.2. The number of allylic oxidation sites excluding steroid dienone is 1. The van der Waals surface area contributed by atoms with E-state index in [-0.39, 0.29) is 11.2 Å². The lowest BCUT2D eigenvalue weighted by Gasteiger charge is -2.26. The van der Waals surface area contributed by atoms with Gasteiger partial charge in [-0.05, 0) is 36.8 Å². The third-order valence-corrected chi connectivity index (χ3v) is 6.21. The molecule has 0 spiro atoms. The number of carbonyl (C=O) groups is 1. The Bertz CT molecular complexity index is 1120. The summed E-state index contributed by atoms with van der Waals surface area (Å²) in [6.45, 7) is 6.94. The number of para-hydroxylation sites is 2. The van der Waals surface area contributed by atoms with E-state index in [2.05, 4.69) is 22.1 Å². The Morgan fingerprint density at radius 3 is 2.76 bits per heavy atom. The molecule has 2 aromatic carbocycles. The van der Waals surface area contributed by atoms with E-state index in [1.807, 2.05) is 60.0 Å². The second kappa shape index (κ2) is 10.4. The fourth-order valence-electron chi connectivity index (χ4n) is 3.36. The second-order valence-corrected chi connectivity index (χ2v) is 8.74. The van der Waals surface area contributed by atoms with Crippen molar-refractivity contribution in [2.45, 2.75) is 36.5 Å². The van der Waals surface area contributed by atoms with Crippen molar-refractivity contribution < 1.29 is 19.0 Å². The molecule has 0 fully saturated rings. The van der Waals surface area contributed by atoms with Crippen LogP contribution in [0.1, 0.15) is 24.4 Å². The smallest absolute Gasteiger partial charge is 0.233 e. The third-order valence-electron chi connectivity index (χ3n) is 5.13. The van der Waals surface area contributed by atoms with Gasteiger partial charge in [0.2, 0.25) is 5.91 Å². The number of aromatic nitrogens is 3. The van der Waals surface area contributed by atoms with Crippen molar-refractivity contribution in [1.82, 2.24) is 20.1 Å². The number of methoxy groups -OCH3 is 1. The quantitative estimate of drug-likeness (QED) is 0.379. The van der Waals surface area contributed by atoms with Crippen LogP contribution < -0.4 is 19.5 Å². The highest BCUT2D eigenvalue weighted by atomic mass is 32.2. The van der Waals surface area contributed by atoms with Crippen LogP contribution in [0.2, 0.25) is 0 Å². The second-order valence-electron chi connectivity index (χ2n) is 7.43. The molecule has 33 heavy (non-hydrogen) atoms. The molecule has 2 atom stereocenters. The molecule has 2 heterocycles. The number of carbonyl (C=O) groups excluding carboxylic acids is 1. The molecule has 1 aromatic heterocycles. The fraction of sp³-hybridized carbons (Fsp3) is 0.292. The van der Waals surface area contributed by atoms with Crippen LogP contribution in [0.5, 0.6) is 17.2 Å². The number of thioether (sulfide) groups is 1. The molecule has 4 rings (SSSR count). The van der Waals surface area contributed by atoms with Gasteiger partial charge in [0.25, 0.3) is 0 Å². The molecule has 2 unspecified atom stereocenters. The first kappa shape index (κ1) is 22.7. The van der Waals surface area contributed by atoms with Gasteiger partial charge in [-0.1, -0.05) is 42.1 Å². The molecule has 172 valence electrons. The van der Waals surface area contributed by atoms with Gasteiger partial charge < -0.3 is 19.5 Å². The summed E-state index contributed by atoms with van der Waals surface area (Å²) in [6, 6.07) is 15.1. The highest BCUT2D eigenvalue weighted by molar-refractivity contribution is 8.00. The van der Waals surface area contributed by atoms with Crippen molar-refractivity contribution in [1.29, 1.82) is 0 Å². The highest BCUT2D eigenvalue weighted by Gasteiger charge is 2.29. The molecule has 1 amide bonds. The molecule has 1 aliphatic rings. The number of rotatable bonds is 9. The van der Waals surface area contributed by atoms with E-state index in [1.165, 1.54) is 11.8 Å². The minimum atomic E-state index is -0.402. The number of ether oxygens (including phenoxy) is 3. The molecular weight excluding hydrogens is 440 g/mol. The summed E-state index contributed by atoms with van der Waals surface area (Å²) >= 11 is 1.34. The van der Waals surface area contributed by atoms with Crippen LogP contribution in [-0.4, -0.2) is 39.6 Å². The predicted molar refractivity (Wildman–Crippen MR) is 126 cm³/mol.